The second-order valence-corrected chi connectivity index (χ2v) is 8.75. The van der Waals surface area contributed by atoms with Gasteiger partial charge in [-0.1, -0.05) is 11.6 Å². The van der Waals surface area contributed by atoms with E-state index in [2.05, 4.69) is 10.6 Å². The molecule has 0 spiro atoms. The molecule has 2 N–H and O–H groups in total. The van der Waals surface area contributed by atoms with Crippen LogP contribution in [0.4, 0.5) is 10.7 Å². The molecule has 0 unspecified atom stereocenters. The topological polar surface area (TPSA) is 112 Å². The van der Waals surface area contributed by atoms with Crippen molar-refractivity contribution in [3.05, 3.63) is 63.5 Å². The SMILES string of the molecule is CCOC(=O)c1c(NC(=O)COc2ccc(Cl)cc2)sc(C(=O)Nc2ccc(OC)cc2OC)c1C. The van der Waals surface area contributed by atoms with Crippen molar-refractivity contribution in [2.45, 2.75) is 13.8 Å². The lowest BCUT2D eigenvalue weighted by atomic mass is 10.1. The number of halogens is 1. The molecular formula is C25H25ClN2O7S. The smallest absolute Gasteiger partial charge is 0.341 e. The second kappa shape index (κ2) is 12.3. The first-order chi connectivity index (χ1) is 17.3. The van der Waals surface area contributed by atoms with Gasteiger partial charge in [0, 0.05) is 11.1 Å². The van der Waals surface area contributed by atoms with Crippen LogP contribution in [0.15, 0.2) is 42.5 Å². The summed E-state index contributed by atoms with van der Waals surface area (Å²) in [5.41, 5.74) is 0.890. The Morgan fingerprint density at radius 3 is 2.31 bits per heavy atom. The van der Waals surface area contributed by atoms with Crippen molar-refractivity contribution in [1.29, 1.82) is 0 Å². The fourth-order valence-electron chi connectivity index (χ4n) is 3.19. The zero-order chi connectivity index (χ0) is 26.2. The lowest BCUT2D eigenvalue weighted by Gasteiger charge is -2.11. The van der Waals surface area contributed by atoms with E-state index >= 15 is 0 Å². The van der Waals surface area contributed by atoms with Crippen LogP contribution >= 0.6 is 22.9 Å². The van der Waals surface area contributed by atoms with E-state index in [0.29, 0.717) is 33.5 Å². The van der Waals surface area contributed by atoms with Gasteiger partial charge in [0.1, 0.15) is 22.2 Å². The first-order valence-electron chi connectivity index (χ1n) is 10.8. The Bertz CT molecular complexity index is 1260. The molecule has 0 bridgehead atoms. The van der Waals surface area contributed by atoms with Crippen LogP contribution in [0.25, 0.3) is 0 Å². The van der Waals surface area contributed by atoms with Crippen LogP contribution in [0.2, 0.25) is 5.02 Å². The van der Waals surface area contributed by atoms with Crippen LogP contribution in [-0.4, -0.2) is 45.2 Å². The molecule has 2 amide bonds. The van der Waals surface area contributed by atoms with Gasteiger partial charge in [-0.25, -0.2) is 4.79 Å². The highest BCUT2D eigenvalue weighted by Crippen LogP contribution is 2.36. The Hall–Kier alpha value is -3.76. The number of rotatable bonds is 10. The number of hydrogen-bond donors (Lipinski definition) is 2. The zero-order valence-corrected chi connectivity index (χ0v) is 21.7. The Morgan fingerprint density at radius 2 is 1.67 bits per heavy atom. The number of carbonyl (C=O) groups excluding carboxylic acids is 3. The third-order valence-electron chi connectivity index (χ3n) is 4.93. The van der Waals surface area contributed by atoms with E-state index in [1.807, 2.05) is 0 Å². The maximum atomic E-state index is 13.1. The second-order valence-electron chi connectivity index (χ2n) is 7.29. The first kappa shape index (κ1) is 26.8. The Labute approximate surface area is 217 Å². The average Bonchev–Trinajstić information content (AvgIpc) is 3.19. The van der Waals surface area contributed by atoms with Crippen LogP contribution in [0.3, 0.4) is 0 Å². The summed E-state index contributed by atoms with van der Waals surface area (Å²) in [5, 5.41) is 6.15. The summed E-state index contributed by atoms with van der Waals surface area (Å²) in [5.74, 6) is -0.231. The summed E-state index contributed by atoms with van der Waals surface area (Å²) in [6.45, 7) is 3.10. The van der Waals surface area contributed by atoms with Gasteiger partial charge in [-0.2, -0.15) is 0 Å². The van der Waals surface area contributed by atoms with Crippen molar-refractivity contribution in [3.63, 3.8) is 0 Å². The lowest BCUT2D eigenvalue weighted by Crippen LogP contribution is -2.21. The van der Waals surface area contributed by atoms with Crippen molar-refractivity contribution >= 4 is 51.4 Å². The molecule has 190 valence electrons. The molecule has 0 aliphatic carbocycles. The highest BCUT2D eigenvalue weighted by Gasteiger charge is 2.27. The highest BCUT2D eigenvalue weighted by atomic mass is 35.5. The molecule has 0 radical (unpaired) electrons. The minimum Gasteiger partial charge on any atom is -0.497 e. The van der Waals surface area contributed by atoms with Gasteiger partial charge in [-0.15, -0.1) is 11.3 Å². The maximum absolute atomic E-state index is 13.1. The molecule has 0 saturated carbocycles. The van der Waals surface area contributed by atoms with Gasteiger partial charge in [0.15, 0.2) is 6.61 Å². The summed E-state index contributed by atoms with van der Waals surface area (Å²) in [6.07, 6.45) is 0. The number of hydrogen-bond acceptors (Lipinski definition) is 8. The van der Waals surface area contributed by atoms with Gasteiger partial charge in [0.05, 0.1) is 37.0 Å². The van der Waals surface area contributed by atoms with Crippen LogP contribution in [0, 0.1) is 6.92 Å². The van der Waals surface area contributed by atoms with Gasteiger partial charge in [0.25, 0.3) is 11.8 Å². The molecule has 0 aliphatic rings. The molecule has 3 rings (SSSR count). The minimum atomic E-state index is -0.652. The van der Waals surface area contributed by atoms with Gasteiger partial charge < -0.3 is 29.6 Å². The van der Waals surface area contributed by atoms with E-state index in [9.17, 15) is 14.4 Å². The number of esters is 1. The van der Waals surface area contributed by atoms with Crippen LogP contribution in [0.5, 0.6) is 17.2 Å². The number of anilines is 2. The van der Waals surface area contributed by atoms with Crippen molar-refractivity contribution in [2.75, 3.05) is 38.1 Å². The number of carbonyl (C=O) groups is 3. The molecule has 0 fully saturated rings. The molecule has 0 saturated heterocycles. The summed E-state index contributed by atoms with van der Waals surface area (Å²) in [4.78, 5) is 38.6. The summed E-state index contributed by atoms with van der Waals surface area (Å²) in [6, 6.07) is 11.5. The number of amides is 2. The van der Waals surface area contributed by atoms with Crippen LogP contribution < -0.4 is 24.8 Å². The molecule has 1 heterocycles. The predicted octanol–water partition coefficient (Wildman–Crippen LogP) is 5.17. The standard InChI is InChI=1S/C25H25ClN2O7S/c1-5-34-25(31)21-14(2)22(23(30)27-18-11-10-17(32-3)12-19(18)33-4)36-24(21)28-20(29)13-35-16-8-6-15(26)7-9-16/h6-12H,5,13H2,1-4H3,(H,27,30)(H,28,29). The van der Waals surface area contributed by atoms with Crippen molar-refractivity contribution < 1.29 is 33.3 Å². The molecular weight excluding hydrogens is 508 g/mol. The third kappa shape index (κ3) is 6.46. The largest absolute Gasteiger partial charge is 0.497 e. The average molecular weight is 533 g/mol. The third-order valence-corrected chi connectivity index (χ3v) is 6.38. The monoisotopic (exact) mass is 532 g/mol. The zero-order valence-electron chi connectivity index (χ0n) is 20.1. The molecule has 1 aromatic heterocycles. The van der Waals surface area contributed by atoms with E-state index in [1.165, 1.54) is 14.2 Å². The number of thiophene rings is 1. The van der Waals surface area contributed by atoms with Crippen LogP contribution in [0.1, 0.15) is 32.5 Å². The van der Waals surface area contributed by atoms with Crippen molar-refractivity contribution in [2.24, 2.45) is 0 Å². The number of ether oxygens (including phenoxy) is 4. The Kier molecular flexibility index (Phi) is 9.15. The van der Waals surface area contributed by atoms with E-state index < -0.39 is 17.8 Å². The number of methoxy groups -OCH3 is 2. The molecule has 2 aromatic carbocycles. The highest BCUT2D eigenvalue weighted by molar-refractivity contribution is 7.19. The molecule has 11 heteroatoms. The van der Waals surface area contributed by atoms with E-state index in [0.717, 1.165) is 11.3 Å². The first-order valence-corrected chi connectivity index (χ1v) is 12.0. The fraction of sp³-hybridized carbons (Fsp3) is 0.240. The van der Waals surface area contributed by atoms with Gasteiger partial charge in [-0.3, -0.25) is 9.59 Å². The van der Waals surface area contributed by atoms with Gasteiger partial charge in [0.2, 0.25) is 0 Å². The van der Waals surface area contributed by atoms with Gasteiger partial charge in [-0.05, 0) is 55.8 Å². The number of benzene rings is 2. The predicted molar refractivity (Wildman–Crippen MR) is 138 cm³/mol. The van der Waals surface area contributed by atoms with E-state index in [4.69, 9.17) is 30.5 Å². The van der Waals surface area contributed by atoms with E-state index in [1.54, 1.807) is 56.3 Å². The Morgan fingerprint density at radius 1 is 0.972 bits per heavy atom. The maximum Gasteiger partial charge on any atom is 0.341 e. The quantitative estimate of drug-likeness (QED) is 0.346. The summed E-state index contributed by atoms with van der Waals surface area (Å²) >= 11 is 6.81. The molecule has 3 aromatic rings. The molecule has 9 nitrogen and oxygen atoms in total. The van der Waals surface area contributed by atoms with E-state index in [-0.39, 0.29) is 28.7 Å². The van der Waals surface area contributed by atoms with Gasteiger partial charge >= 0.3 is 5.97 Å². The fourth-order valence-corrected chi connectivity index (χ4v) is 4.42. The molecule has 0 atom stereocenters. The van der Waals surface area contributed by atoms with Crippen molar-refractivity contribution in [1.82, 2.24) is 0 Å². The number of nitrogens with one attached hydrogen (secondary N) is 2. The van der Waals surface area contributed by atoms with Crippen LogP contribution in [-0.2, 0) is 9.53 Å². The normalized spacial score (nSPS) is 10.4. The summed E-state index contributed by atoms with van der Waals surface area (Å²) < 4.78 is 21.1. The summed E-state index contributed by atoms with van der Waals surface area (Å²) in [7, 11) is 2.99. The van der Waals surface area contributed by atoms with Crippen molar-refractivity contribution in [3.8, 4) is 17.2 Å². The molecule has 0 aliphatic heterocycles. The minimum absolute atomic E-state index is 0.105. The lowest BCUT2D eigenvalue weighted by molar-refractivity contribution is -0.118. The Balaban J connectivity index is 1.83. The molecule has 36 heavy (non-hydrogen) atoms.